The van der Waals surface area contributed by atoms with Gasteiger partial charge in [0, 0.05) is 24.8 Å². The Morgan fingerprint density at radius 2 is 2.05 bits per heavy atom. The molecule has 0 bridgehead atoms. The number of nitrogens with zero attached hydrogens (tertiary/aromatic N) is 3. The predicted octanol–water partition coefficient (Wildman–Crippen LogP) is 2.14. The third-order valence-electron chi connectivity index (χ3n) is 3.67. The standard InChI is InChI=1S/C15H15N3O/c16-10-12-3-4-13-5-8-18(14(13)9-12)11-15(19)17-6-1-2-7-17/h3-5,8-9H,1-2,6-7,11H2. The lowest BCUT2D eigenvalue weighted by atomic mass is 10.2. The van der Waals surface area contributed by atoms with E-state index in [0.29, 0.717) is 12.1 Å². The molecule has 0 N–H and O–H groups in total. The van der Waals surface area contributed by atoms with Gasteiger partial charge >= 0.3 is 0 Å². The molecule has 1 aliphatic heterocycles. The number of benzene rings is 1. The number of amides is 1. The van der Waals surface area contributed by atoms with E-state index in [0.717, 1.165) is 36.8 Å². The van der Waals surface area contributed by atoms with Crippen LogP contribution in [0.1, 0.15) is 18.4 Å². The van der Waals surface area contributed by atoms with Crippen LogP contribution in [0.4, 0.5) is 0 Å². The number of hydrogen-bond donors (Lipinski definition) is 0. The Labute approximate surface area is 111 Å². The molecule has 0 unspecified atom stereocenters. The average molecular weight is 253 g/mol. The first kappa shape index (κ1) is 11.8. The number of fused-ring (bicyclic) bond motifs is 1. The maximum atomic E-state index is 12.2. The fourth-order valence-corrected chi connectivity index (χ4v) is 2.60. The van der Waals surface area contributed by atoms with Gasteiger partial charge in [0.2, 0.25) is 5.91 Å². The van der Waals surface area contributed by atoms with Crippen LogP contribution >= 0.6 is 0 Å². The highest BCUT2D eigenvalue weighted by Gasteiger charge is 2.18. The highest BCUT2D eigenvalue weighted by molar-refractivity contribution is 5.84. The highest BCUT2D eigenvalue weighted by atomic mass is 16.2. The number of nitriles is 1. The molecule has 19 heavy (non-hydrogen) atoms. The first-order valence-electron chi connectivity index (χ1n) is 6.55. The summed E-state index contributed by atoms with van der Waals surface area (Å²) in [5, 5.41) is 10.0. The molecule has 1 fully saturated rings. The average Bonchev–Trinajstić information content (AvgIpc) is 3.08. The molecule has 0 atom stereocenters. The van der Waals surface area contributed by atoms with Crippen LogP contribution in [0.5, 0.6) is 0 Å². The SMILES string of the molecule is N#Cc1ccc2ccn(CC(=O)N3CCCC3)c2c1. The van der Waals surface area contributed by atoms with Gasteiger partial charge in [-0.05, 0) is 36.4 Å². The summed E-state index contributed by atoms with van der Waals surface area (Å²) in [6, 6.07) is 9.68. The number of likely N-dealkylation sites (tertiary alicyclic amines) is 1. The smallest absolute Gasteiger partial charge is 0.242 e. The van der Waals surface area contributed by atoms with E-state index in [2.05, 4.69) is 6.07 Å². The summed E-state index contributed by atoms with van der Waals surface area (Å²) in [6.07, 6.45) is 4.13. The molecule has 1 saturated heterocycles. The van der Waals surface area contributed by atoms with E-state index in [1.54, 1.807) is 6.07 Å². The summed E-state index contributed by atoms with van der Waals surface area (Å²) in [4.78, 5) is 14.1. The Morgan fingerprint density at radius 1 is 1.26 bits per heavy atom. The maximum absolute atomic E-state index is 12.2. The molecular formula is C15H15N3O. The Balaban J connectivity index is 1.88. The van der Waals surface area contributed by atoms with Gasteiger partial charge in [-0.2, -0.15) is 5.26 Å². The van der Waals surface area contributed by atoms with Crippen LogP contribution in [0.15, 0.2) is 30.5 Å². The van der Waals surface area contributed by atoms with Crippen LogP contribution in [0.3, 0.4) is 0 Å². The normalized spacial score (nSPS) is 14.8. The second-order valence-corrected chi connectivity index (χ2v) is 4.92. The molecule has 1 aliphatic rings. The number of hydrogen-bond acceptors (Lipinski definition) is 2. The van der Waals surface area contributed by atoms with Gasteiger partial charge in [-0.25, -0.2) is 0 Å². The molecule has 2 aromatic rings. The molecule has 0 aliphatic carbocycles. The van der Waals surface area contributed by atoms with Gasteiger partial charge in [-0.1, -0.05) is 6.07 Å². The molecule has 1 aromatic carbocycles. The Kier molecular flexibility index (Phi) is 2.96. The van der Waals surface area contributed by atoms with Gasteiger partial charge in [-0.3, -0.25) is 4.79 Å². The quantitative estimate of drug-likeness (QED) is 0.823. The van der Waals surface area contributed by atoms with Crippen molar-refractivity contribution in [2.45, 2.75) is 19.4 Å². The summed E-state index contributed by atoms with van der Waals surface area (Å²) in [6.45, 7) is 2.11. The Bertz CT molecular complexity index is 660. The summed E-state index contributed by atoms with van der Waals surface area (Å²) < 4.78 is 1.93. The summed E-state index contributed by atoms with van der Waals surface area (Å²) >= 11 is 0. The Hall–Kier alpha value is -2.28. The minimum atomic E-state index is 0.164. The number of carbonyl (C=O) groups is 1. The van der Waals surface area contributed by atoms with Crippen molar-refractivity contribution >= 4 is 16.8 Å². The molecule has 4 heteroatoms. The third-order valence-corrected chi connectivity index (χ3v) is 3.67. The summed E-state index contributed by atoms with van der Waals surface area (Å²) in [5.74, 6) is 0.164. The molecule has 1 amide bonds. The fourth-order valence-electron chi connectivity index (χ4n) is 2.60. The minimum Gasteiger partial charge on any atom is -0.341 e. The van der Waals surface area contributed by atoms with E-state index in [1.807, 2.05) is 33.9 Å². The van der Waals surface area contributed by atoms with Crippen molar-refractivity contribution in [3.63, 3.8) is 0 Å². The second-order valence-electron chi connectivity index (χ2n) is 4.92. The molecule has 0 spiro atoms. The molecule has 4 nitrogen and oxygen atoms in total. The van der Waals surface area contributed by atoms with E-state index in [1.165, 1.54) is 0 Å². The fraction of sp³-hybridized carbons (Fsp3) is 0.333. The first-order chi connectivity index (χ1) is 9.28. The van der Waals surface area contributed by atoms with Crippen molar-refractivity contribution in [1.29, 1.82) is 5.26 Å². The molecule has 3 rings (SSSR count). The predicted molar refractivity (Wildman–Crippen MR) is 72.5 cm³/mol. The van der Waals surface area contributed by atoms with Gasteiger partial charge in [0.1, 0.15) is 6.54 Å². The highest BCUT2D eigenvalue weighted by Crippen LogP contribution is 2.18. The van der Waals surface area contributed by atoms with Crippen LogP contribution in [0.2, 0.25) is 0 Å². The largest absolute Gasteiger partial charge is 0.341 e. The molecular weight excluding hydrogens is 238 g/mol. The van der Waals surface area contributed by atoms with Gasteiger partial charge in [0.05, 0.1) is 11.6 Å². The van der Waals surface area contributed by atoms with Crippen LogP contribution in [-0.2, 0) is 11.3 Å². The summed E-state index contributed by atoms with van der Waals surface area (Å²) in [7, 11) is 0. The van der Waals surface area contributed by atoms with Gasteiger partial charge in [0.25, 0.3) is 0 Å². The van der Waals surface area contributed by atoms with Gasteiger partial charge in [-0.15, -0.1) is 0 Å². The molecule has 0 radical (unpaired) electrons. The minimum absolute atomic E-state index is 0.164. The van der Waals surface area contributed by atoms with Crippen molar-refractivity contribution < 1.29 is 4.79 Å². The Morgan fingerprint density at radius 3 is 2.79 bits per heavy atom. The van der Waals surface area contributed by atoms with E-state index in [4.69, 9.17) is 5.26 Å². The zero-order valence-electron chi connectivity index (χ0n) is 10.7. The second kappa shape index (κ2) is 4.77. The number of carbonyl (C=O) groups excluding carboxylic acids is 1. The number of aromatic nitrogens is 1. The number of rotatable bonds is 2. The lowest BCUT2D eigenvalue weighted by Crippen LogP contribution is -2.30. The van der Waals surface area contributed by atoms with Crippen molar-refractivity contribution in [1.82, 2.24) is 9.47 Å². The van der Waals surface area contributed by atoms with Crippen molar-refractivity contribution in [2.75, 3.05) is 13.1 Å². The lowest BCUT2D eigenvalue weighted by Gasteiger charge is -2.16. The first-order valence-corrected chi connectivity index (χ1v) is 6.55. The molecule has 0 saturated carbocycles. The topological polar surface area (TPSA) is 49.0 Å². The van der Waals surface area contributed by atoms with E-state index < -0.39 is 0 Å². The summed E-state index contributed by atoms with van der Waals surface area (Å²) in [5.41, 5.74) is 1.58. The van der Waals surface area contributed by atoms with Crippen molar-refractivity contribution in [3.05, 3.63) is 36.0 Å². The van der Waals surface area contributed by atoms with E-state index in [9.17, 15) is 4.79 Å². The molecule has 2 heterocycles. The van der Waals surface area contributed by atoms with Crippen molar-refractivity contribution in [2.24, 2.45) is 0 Å². The van der Waals surface area contributed by atoms with Gasteiger partial charge in [0.15, 0.2) is 0 Å². The van der Waals surface area contributed by atoms with Crippen molar-refractivity contribution in [3.8, 4) is 6.07 Å². The maximum Gasteiger partial charge on any atom is 0.242 e. The third kappa shape index (κ3) is 2.19. The zero-order chi connectivity index (χ0) is 13.2. The van der Waals surface area contributed by atoms with E-state index >= 15 is 0 Å². The lowest BCUT2D eigenvalue weighted by molar-refractivity contribution is -0.130. The molecule has 96 valence electrons. The van der Waals surface area contributed by atoms with Crippen LogP contribution in [-0.4, -0.2) is 28.5 Å². The monoisotopic (exact) mass is 253 g/mol. The zero-order valence-corrected chi connectivity index (χ0v) is 10.7. The molecule has 1 aromatic heterocycles. The van der Waals surface area contributed by atoms with Crippen LogP contribution < -0.4 is 0 Å². The van der Waals surface area contributed by atoms with Gasteiger partial charge < -0.3 is 9.47 Å². The van der Waals surface area contributed by atoms with Crippen LogP contribution in [0.25, 0.3) is 10.9 Å². The van der Waals surface area contributed by atoms with Crippen LogP contribution in [0, 0.1) is 11.3 Å². The van der Waals surface area contributed by atoms with E-state index in [-0.39, 0.29) is 5.91 Å².